The molecule has 21 heavy (non-hydrogen) atoms. The number of hydrogen-bond acceptors (Lipinski definition) is 4. The Labute approximate surface area is 128 Å². The topological polar surface area (TPSA) is 72.5 Å². The van der Waals surface area contributed by atoms with E-state index < -0.39 is 32.6 Å². The summed E-state index contributed by atoms with van der Waals surface area (Å²) in [4.78, 5) is 11.8. The van der Waals surface area contributed by atoms with E-state index in [0.717, 1.165) is 6.07 Å². The van der Waals surface area contributed by atoms with Gasteiger partial charge in [0.05, 0.1) is 12.4 Å². The zero-order valence-electron chi connectivity index (χ0n) is 11.7. The normalized spacial score (nSPS) is 13.0. The van der Waals surface area contributed by atoms with Gasteiger partial charge < -0.3 is 10.1 Å². The zero-order chi connectivity index (χ0) is 16.0. The van der Waals surface area contributed by atoms with Crippen molar-refractivity contribution in [2.24, 2.45) is 0 Å². The smallest absolute Gasteiger partial charge is 0.238 e. The van der Waals surface area contributed by atoms with Crippen LogP contribution >= 0.6 is 11.6 Å². The van der Waals surface area contributed by atoms with Crippen LogP contribution in [0.25, 0.3) is 0 Å². The summed E-state index contributed by atoms with van der Waals surface area (Å²) in [7, 11) is -2.41. The number of rotatable bonds is 7. The first-order chi connectivity index (χ1) is 9.79. The number of ether oxygens (including phenoxy) is 1. The Hall–Kier alpha value is -1.18. The summed E-state index contributed by atoms with van der Waals surface area (Å²) >= 11 is 5.80. The highest BCUT2D eigenvalue weighted by atomic mass is 35.5. The van der Waals surface area contributed by atoms with Crippen molar-refractivity contribution in [1.29, 1.82) is 0 Å². The lowest BCUT2D eigenvalue weighted by atomic mass is 10.2. The summed E-state index contributed by atoms with van der Waals surface area (Å²) in [5, 5.41) is 1.15. The van der Waals surface area contributed by atoms with E-state index >= 15 is 0 Å². The molecule has 0 saturated heterocycles. The van der Waals surface area contributed by atoms with Gasteiger partial charge in [0.2, 0.25) is 5.91 Å². The molecule has 0 spiro atoms. The van der Waals surface area contributed by atoms with E-state index in [1.54, 1.807) is 0 Å². The molecule has 0 radical (unpaired) electrons. The van der Waals surface area contributed by atoms with Crippen molar-refractivity contribution in [3.63, 3.8) is 0 Å². The third-order valence-electron chi connectivity index (χ3n) is 2.92. The maximum absolute atomic E-state index is 13.6. The molecule has 8 heteroatoms. The Morgan fingerprint density at radius 3 is 2.71 bits per heavy atom. The Kier molecular flexibility index (Phi) is 6.57. The fourth-order valence-corrected chi connectivity index (χ4v) is 3.24. The third-order valence-corrected chi connectivity index (χ3v) is 5.26. The summed E-state index contributed by atoms with van der Waals surface area (Å²) < 4.78 is 42.7. The minimum atomic E-state index is -3.87. The van der Waals surface area contributed by atoms with Gasteiger partial charge in [-0.2, -0.15) is 0 Å². The van der Waals surface area contributed by atoms with Crippen LogP contribution in [0.2, 0.25) is 5.02 Å². The monoisotopic (exact) mass is 337 g/mol. The van der Waals surface area contributed by atoms with Gasteiger partial charge in [-0.1, -0.05) is 17.7 Å². The van der Waals surface area contributed by atoms with Crippen LogP contribution in [0.5, 0.6) is 0 Å². The van der Waals surface area contributed by atoms with E-state index in [2.05, 4.69) is 5.32 Å². The SMILES string of the molecule is COCCNC(=O)[C@@H](C)S(=O)(=O)Cc1c(F)cccc1Cl. The number of hydrogen-bond donors (Lipinski definition) is 1. The molecule has 0 aliphatic heterocycles. The van der Waals surface area contributed by atoms with Gasteiger partial charge in [0.25, 0.3) is 0 Å². The molecule has 1 aromatic carbocycles. The fraction of sp³-hybridized carbons (Fsp3) is 0.462. The van der Waals surface area contributed by atoms with E-state index in [-0.39, 0.29) is 23.7 Å². The minimum absolute atomic E-state index is 0.0190. The first-order valence-corrected chi connectivity index (χ1v) is 8.30. The van der Waals surface area contributed by atoms with Gasteiger partial charge in [0, 0.05) is 24.2 Å². The van der Waals surface area contributed by atoms with Gasteiger partial charge in [-0.05, 0) is 19.1 Å². The number of amides is 1. The highest BCUT2D eigenvalue weighted by molar-refractivity contribution is 7.92. The summed E-state index contributed by atoms with van der Waals surface area (Å²) in [6.45, 7) is 1.74. The van der Waals surface area contributed by atoms with Crippen molar-refractivity contribution in [2.45, 2.75) is 17.9 Å². The molecule has 1 rings (SSSR count). The van der Waals surface area contributed by atoms with E-state index in [4.69, 9.17) is 16.3 Å². The average Bonchev–Trinajstić information content (AvgIpc) is 2.42. The van der Waals surface area contributed by atoms with Gasteiger partial charge in [-0.3, -0.25) is 4.79 Å². The van der Waals surface area contributed by atoms with Crippen molar-refractivity contribution in [3.8, 4) is 0 Å². The van der Waals surface area contributed by atoms with Gasteiger partial charge in [-0.25, -0.2) is 12.8 Å². The lowest BCUT2D eigenvalue weighted by Gasteiger charge is -2.14. The van der Waals surface area contributed by atoms with E-state index in [9.17, 15) is 17.6 Å². The first-order valence-electron chi connectivity index (χ1n) is 6.20. The Balaban J connectivity index is 2.83. The predicted octanol–water partition coefficient (Wildman–Crippen LogP) is 1.54. The molecule has 1 atom stereocenters. The maximum Gasteiger partial charge on any atom is 0.238 e. The Morgan fingerprint density at radius 1 is 1.48 bits per heavy atom. The molecule has 118 valence electrons. The minimum Gasteiger partial charge on any atom is -0.383 e. The molecule has 0 unspecified atom stereocenters. The highest BCUT2D eigenvalue weighted by Gasteiger charge is 2.29. The van der Waals surface area contributed by atoms with Gasteiger partial charge in [-0.15, -0.1) is 0 Å². The number of carbonyl (C=O) groups excluding carboxylic acids is 1. The Bertz CT molecular complexity index is 586. The summed E-state index contributed by atoms with van der Waals surface area (Å²) in [5.74, 6) is -1.99. The van der Waals surface area contributed by atoms with Crippen LogP contribution in [0.1, 0.15) is 12.5 Å². The molecule has 0 aromatic heterocycles. The number of sulfone groups is 1. The molecule has 0 bridgehead atoms. The molecule has 0 aliphatic carbocycles. The lowest BCUT2D eigenvalue weighted by molar-refractivity contribution is -0.120. The van der Waals surface area contributed by atoms with Gasteiger partial charge in [0.1, 0.15) is 11.1 Å². The second-order valence-electron chi connectivity index (χ2n) is 4.43. The summed E-state index contributed by atoms with van der Waals surface area (Å²) in [6, 6.07) is 3.91. The molecule has 1 N–H and O–H groups in total. The highest BCUT2D eigenvalue weighted by Crippen LogP contribution is 2.23. The molecular weight excluding hydrogens is 321 g/mol. The van der Waals surface area contributed by atoms with Gasteiger partial charge in [0.15, 0.2) is 9.84 Å². The van der Waals surface area contributed by atoms with E-state index in [1.165, 1.54) is 26.2 Å². The first kappa shape index (κ1) is 17.9. The van der Waals surface area contributed by atoms with Crippen LogP contribution < -0.4 is 5.32 Å². The molecule has 0 saturated carbocycles. The predicted molar refractivity (Wildman–Crippen MR) is 78.4 cm³/mol. The van der Waals surface area contributed by atoms with Crippen LogP contribution in [-0.2, 0) is 25.1 Å². The Morgan fingerprint density at radius 2 is 2.14 bits per heavy atom. The quantitative estimate of drug-likeness (QED) is 0.766. The second kappa shape index (κ2) is 7.72. The number of carbonyl (C=O) groups is 1. The van der Waals surface area contributed by atoms with Crippen LogP contribution in [0.15, 0.2) is 18.2 Å². The van der Waals surface area contributed by atoms with Crippen molar-refractivity contribution >= 4 is 27.3 Å². The van der Waals surface area contributed by atoms with Crippen LogP contribution in [0.4, 0.5) is 4.39 Å². The average molecular weight is 338 g/mol. The van der Waals surface area contributed by atoms with Gasteiger partial charge >= 0.3 is 0 Å². The van der Waals surface area contributed by atoms with Crippen molar-refractivity contribution < 1.29 is 22.3 Å². The second-order valence-corrected chi connectivity index (χ2v) is 7.16. The van der Waals surface area contributed by atoms with Crippen LogP contribution in [0.3, 0.4) is 0 Å². The van der Waals surface area contributed by atoms with Crippen molar-refractivity contribution in [3.05, 3.63) is 34.6 Å². The summed E-state index contributed by atoms with van der Waals surface area (Å²) in [6.07, 6.45) is 0. The van der Waals surface area contributed by atoms with E-state index in [0.29, 0.717) is 0 Å². The van der Waals surface area contributed by atoms with Crippen LogP contribution in [0, 0.1) is 5.82 Å². The lowest BCUT2D eigenvalue weighted by Crippen LogP contribution is -2.39. The van der Waals surface area contributed by atoms with E-state index in [1.807, 2.05) is 0 Å². The molecular formula is C13H17ClFNO4S. The van der Waals surface area contributed by atoms with Crippen molar-refractivity contribution in [1.82, 2.24) is 5.32 Å². The third kappa shape index (κ3) is 4.94. The fourth-order valence-electron chi connectivity index (χ4n) is 1.58. The number of halogens is 2. The number of nitrogens with one attached hydrogen (secondary N) is 1. The molecule has 5 nitrogen and oxygen atoms in total. The summed E-state index contributed by atoms with van der Waals surface area (Å²) in [5.41, 5.74) is -0.129. The number of benzene rings is 1. The number of methoxy groups -OCH3 is 1. The largest absolute Gasteiger partial charge is 0.383 e. The molecule has 0 fully saturated rings. The zero-order valence-corrected chi connectivity index (χ0v) is 13.3. The molecule has 1 aromatic rings. The van der Waals surface area contributed by atoms with Crippen molar-refractivity contribution in [2.75, 3.05) is 20.3 Å². The molecule has 1 amide bonds. The molecule has 0 heterocycles. The van der Waals surface area contributed by atoms with Crippen LogP contribution in [-0.4, -0.2) is 39.8 Å². The molecule has 0 aliphatic rings. The maximum atomic E-state index is 13.6. The standard InChI is InChI=1S/C13H17ClFNO4S/c1-9(13(17)16-6-7-20-2)21(18,19)8-10-11(14)4-3-5-12(10)15/h3-5,9H,6-8H2,1-2H3,(H,16,17)/t9-/m1/s1.